The standard InChI is InChI=1S/C14H23NO2/c1-5-12(6-2)15-10-11-8-7-9-13(16-3)14(11)17-4/h7-9,12,15H,5-6,10H2,1-4H3/p+1. The van der Waals surface area contributed by atoms with Crippen LogP contribution in [0.15, 0.2) is 18.2 Å². The van der Waals surface area contributed by atoms with E-state index in [1.54, 1.807) is 14.2 Å². The number of nitrogens with two attached hydrogens (primary N) is 1. The van der Waals surface area contributed by atoms with E-state index in [0.29, 0.717) is 6.04 Å². The molecule has 0 unspecified atom stereocenters. The molecule has 0 radical (unpaired) electrons. The van der Waals surface area contributed by atoms with E-state index in [9.17, 15) is 0 Å². The zero-order chi connectivity index (χ0) is 12.7. The van der Waals surface area contributed by atoms with Gasteiger partial charge in [-0.25, -0.2) is 0 Å². The first kappa shape index (κ1) is 13.8. The molecule has 0 amide bonds. The molecule has 17 heavy (non-hydrogen) atoms. The lowest BCUT2D eigenvalue weighted by atomic mass is 10.1. The molecular weight excluding hydrogens is 214 g/mol. The highest BCUT2D eigenvalue weighted by Gasteiger charge is 2.12. The molecule has 0 saturated carbocycles. The summed E-state index contributed by atoms with van der Waals surface area (Å²) in [6.45, 7) is 5.40. The fourth-order valence-corrected chi connectivity index (χ4v) is 2.03. The van der Waals surface area contributed by atoms with Crippen molar-refractivity contribution in [3.8, 4) is 11.5 Å². The van der Waals surface area contributed by atoms with Crippen LogP contribution in [0.25, 0.3) is 0 Å². The van der Waals surface area contributed by atoms with Gasteiger partial charge in [-0.05, 0) is 25.0 Å². The maximum atomic E-state index is 5.42. The lowest BCUT2D eigenvalue weighted by molar-refractivity contribution is -0.705. The molecule has 0 aliphatic heterocycles. The van der Waals surface area contributed by atoms with Crippen molar-refractivity contribution in [2.45, 2.75) is 39.3 Å². The monoisotopic (exact) mass is 238 g/mol. The predicted octanol–water partition coefficient (Wildman–Crippen LogP) is 1.96. The summed E-state index contributed by atoms with van der Waals surface area (Å²) in [5, 5.41) is 2.37. The number of benzene rings is 1. The number of hydrogen-bond donors (Lipinski definition) is 1. The van der Waals surface area contributed by atoms with Crippen molar-refractivity contribution >= 4 is 0 Å². The van der Waals surface area contributed by atoms with E-state index >= 15 is 0 Å². The lowest BCUT2D eigenvalue weighted by Crippen LogP contribution is -2.88. The van der Waals surface area contributed by atoms with Crippen molar-refractivity contribution in [3.63, 3.8) is 0 Å². The van der Waals surface area contributed by atoms with Crippen molar-refractivity contribution in [3.05, 3.63) is 23.8 Å². The second-order valence-electron chi connectivity index (χ2n) is 4.17. The van der Waals surface area contributed by atoms with Gasteiger partial charge in [-0.1, -0.05) is 19.9 Å². The normalized spacial score (nSPS) is 10.6. The Morgan fingerprint density at radius 1 is 1.12 bits per heavy atom. The van der Waals surface area contributed by atoms with Gasteiger partial charge in [0, 0.05) is 0 Å². The van der Waals surface area contributed by atoms with Gasteiger partial charge in [0.05, 0.1) is 25.8 Å². The Morgan fingerprint density at radius 2 is 1.82 bits per heavy atom. The summed E-state index contributed by atoms with van der Waals surface area (Å²) in [4.78, 5) is 0. The number of methoxy groups -OCH3 is 2. The Labute approximate surface area is 104 Å². The summed E-state index contributed by atoms with van der Waals surface area (Å²) in [6, 6.07) is 6.72. The van der Waals surface area contributed by atoms with E-state index in [0.717, 1.165) is 18.0 Å². The van der Waals surface area contributed by atoms with Crippen molar-refractivity contribution in [2.75, 3.05) is 14.2 Å². The van der Waals surface area contributed by atoms with E-state index in [-0.39, 0.29) is 0 Å². The maximum absolute atomic E-state index is 5.42. The number of ether oxygens (including phenoxy) is 2. The summed E-state index contributed by atoms with van der Waals surface area (Å²) in [7, 11) is 3.37. The Balaban J connectivity index is 2.76. The fourth-order valence-electron chi connectivity index (χ4n) is 2.03. The molecule has 96 valence electrons. The van der Waals surface area contributed by atoms with Crippen LogP contribution in [0.5, 0.6) is 11.5 Å². The van der Waals surface area contributed by atoms with Crippen LogP contribution in [0.1, 0.15) is 32.3 Å². The summed E-state index contributed by atoms with van der Waals surface area (Å²) in [5.74, 6) is 1.67. The molecule has 0 bridgehead atoms. The third-order valence-corrected chi connectivity index (χ3v) is 3.20. The van der Waals surface area contributed by atoms with E-state index < -0.39 is 0 Å². The predicted molar refractivity (Wildman–Crippen MR) is 69.5 cm³/mol. The third-order valence-electron chi connectivity index (χ3n) is 3.20. The molecular formula is C14H24NO2+. The highest BCUT2D eigenvalue weighted by molar-refractivity contribution is 5.46. The van der Waals surface area contributed by atoms with Crippen LogP contribution in [-0.2, 0) is 6.54 Å². The van der Waals surface area contributed by atoms with E-state index in [1.807, 2.05) is 12.1 Å². The van der Waals surface area contributed by atoms with Gasteiger partial charge in [-0.3, -0.25) is 0 Å². The van der Waals surface area contributed by atoms with Gasteiger partial charge < -0.3 is 14.8 Å². The number of para-hydroxylation sites is 1. The average molecular weight is 238 g/mol. The maximum Gasteiger partial charge on any atom is 0.169 e. The SMILES string of the molecule is CCC(CC)[NH2+]Cc1cccc(OC)c1OC. The molecule has 0 aliphatic carbocycles. The van der Waals surface area contributed by atoms with Crippen molar-refractivity contribution in [1.29, 1.82) is 0 Å². The Morgan fingerprint density at radius 3 is 2.35 bits per heavy atom. The zero-order valence-electron chi connectivity index (χ0n) is 11.3. The van der Waals surface area contributed by atoms with Gasteiger partial charge in [0.15, 0.2) is 11.5 Å². The summed E-state index contributed by atoms with van der Waals surface area (Å²) < 4.78 is 10.7. The molecule has 0 saturated heterocycles. The van der Waals surface area contributed by atoms with Gasteiger partial charge in [0.1, 0.15) is 6.54 Å². The van der Waals surface area contributed by atoms with Crippen LogP contribution in [0.2, 0.25) is 0 Å². The molecule has 1 aromatic rings. The number of rotatable bonds is 7. The van der Waals surface area contributed by atoms with E-state index in [1.165, 1.54) is 18.4 Å². The minimum absolute atomic E-state index is 0.686. The quantitative estimate of drug-likeness (QED) is 0.788. The molecule has 1 rings (SSSR count). The molecule has 3 heteroatoms. The summed E-state index contributed by atoms with van der Waals surface area (Å²) in [6.07, 6.45) is 2.39. The minimum Gasteiger partial charge on any atom is -0.493 e. The average Bonchev–Trinajstić information content (AvgIpc) is 2.39. The van der Waals surface area contributed by atoms with Crippen molar-refractivity contribution < 1.29 is 14.8 Å². The number of hydrogen-bond acceptors (Lipinski definition) is 2. The van der Waals surface area contributed by atoms with Gasteiger partial charge in [0.2, 0.25) is 0 Å². The van der Waals surface area contributed by atoms with Gasteiger partial charge in [-0.2, -0.15) is 0 Å². The van der Waals surface area contributed by atoms with Crippen LogP contribution in [-0.4, -0.2) is 20.3 Å². The summed E-state index contributed by atoms with van der Waals surface area (Å²) in [5.41, 5.74) is 1.19. The molecule has 0 aliphatic rings. The second-order valence-corrected chi connectivity index (χ2v) is 4.17. The van der Waals surface area contributed by atoms with E-state index in [2.05, 4.69) is 25.2 Å². The first-order valence-corrected chi connectivity index (χ1v) is 6.29. The second kappa shape index (κ2) is 7.17. The van der Waals surface area contributed by atoms with Crippen LogP contribution in [0, 0.1) is 0 Å². The van der Waals surface area contributed by atoms with Crippen LogP contribution >= 0.6 is 0 Å². The van der Waals surface area contributed by atoms with Crippen molar-refractivity contribution in [2.24, 2.45) is 0 Å². The molecule has 1 aromatic carbocycles. The highest BCUT2D eigenvalue weighted by atomic mass is 16.5. The third kappa shape index (κ3) is 3.63. The molecule has 0 aromatic heterocycles. The largest absolute Gasteiger partial charge is 0.493 e. The van der Waals surface area contributed by atoms with E-state index in [4.69, 9.17) is 9.47 Å². The molecule has 0 heterocycles. The van der Waals surface area contributed by atoms with Crippen LogP contribution in [0.4, 0.5) is 0 Å². The Bertz CT molecular complexity index is 335. The molecule has 2 N–H and O–H groups in total. The number of quaternary nitrogens is 1. The fraction of sp³-hybridized carbons (Fsp3) is 0.571. The van der Waals surface area contributed by atoms with Gasteiger partial charge >= 0.3 is 0 Å². The lowest BCUT2D eigenvalue weighted by Gasteiger charge is -2.15. The topological polar surface area (TPSA) is 35.1 Å². The molecule has 0 atom stereocenters. The first-order chi connectivity index (χ1) is 8.26. The molecule has 0 spiro atoms. The molecule has 3 nitrogen and oxygen atoms in total. The summed E-state index contributed by atoms with van der Waals surface area (Å²) >= 11 is 0. The minimum atomic E-state index is 0.686. The highest BCUT2D eigenvalue weighted by Crippen LogP contribution is 2.29. The first-order valence-electron chi connectivity index (χ1n) is 6.29. The van der Waals surface area contributed by atoms with Crippen molar-refractivity contribution in [1.82, 2.24) is 0 Å². The Hall–Kier alpha value is -1.22. The van der Waals surface area contributed by atoms with Crippen LogP contribution in [0.3, 0.4) is 0 Å². The zero-order valence-corrected chi connectivity index (χ0v) is 11.3. The molecule has 0 fully saturated rings. The smallest absolute Gasteiger partial charge is 0.169 e. The van der Waals surface area contributed by atoms with Gasteiger partial charge in [0.25, 0.3) is 0 Å². The van der Waals surface area contributed by atoms with Crippen LogP contribution < -0.4 is 14.8 Å². The van der Waals surface area contributed by atoms with Gasteiger partial charge in [-0.15, -0.1) is 0 Å². The Kier molecular flexibility index (Phi) is 5.84.